The summed E-state index contributed by atoms with van der Waals surface area (Å²) in [6.07, 6.45) is -3.56. The lowest BCUT2D eigenvalue weighted by atomic mass is 10.1. The molecule has 2 rings (SSSR count). The number of ether oxygens (including phenoxy) is 1. The lowest BCUT2D eigenvalue weighted by Crippen LogP contribution is -2.31. The van der Waals surface area contributed by atoms with Gasteiger partial charge in [-0.1, -0.05) is 37.3 Å². The van der Waals surface area contributed by atoms with Gasteiger partial charge in [0.15, 0.2) is 6.61 Å². The van der Waals surface area contributed by atoms with Crippen molar-refractivity contribution in [2.75, 3.05) is 13.7 Å². The van der Waals surface area contributed by atoms with E-state index in [0.717, 1.165) is 24.1 Å². The van der Waals surface area contributed by atoms with Gasteiger partial charge in [-0.3, -0.25) is 4.79 Å². The topological polar surface area (TPSA) is 29.5 Å². The minimum atomic E-state index is -4.36. The summed E-state index contributed by atoms with van der Waals surface area (Å²) in [6, 6.07) is 12.3. The molecule has 0 radical (unpaired) electrons. The SMILES string of the molecule is CCc1ccccc1OCC(=O)N(C)Cc1ccc(C(F)(F)F)cc1. The van der Waals surface area contributed by atoms with E-state index in [0.29, 0.717) is 11.3 Å². The van der Waals surface area contributed by atoms with Crippen molar-refractivity contribution in [3.05, 3.63) is 65.2 Å². The molecule has 25 heavy (non-hydrogen) atoms. The highest BCUT2D eigenvalue weighted by Crippen LogP contribution is 2.29. The normalized spacial score (nSPS) is 11.2. The van der Waals surface area contributed by atoms with E-state index in [1.807, 2.05) is 31.2 Å². The van der Waals surface area contributed by atoms with Crippen molar-refractivity contribution in [2.45, 2.75) is 26.1 Å². The van der Waals surface area contributed by atoms with Crippen LogP contribution in [0.4, 0.5) is 13.2 Å². The standard InChI is InChI=1S/C19H20F3NO2/c1-3-15-6-4-5-7-17(15)25-13-18(24)23(2)12-14-8-10-16(11-9-14)19(20,21)22/h4-11H,3,12-13H2,1-2H3. The van der Waals surface area contributed by atoms with Crippen molar-refractivity contribution in [3.63, 3.8) is 0 Å². The number of alkyl halides is 3. The van der Waals surface area contributed by atoms with Crippen LogP contribution in [0.1, 0.15) is 23.6 Å². The highest BCUT2D eigenvalue weighted by Gasteiger charge is 2.29. The molecule has 0 bridgehead atoms. The average molecular weight is 351 g/mol. The summed E-state index contributed by atoms with van der Waals surface area (Å²) in [7, 11) is 1.59. The molecule has 0 unspecified atom stereocenters. The quantitative estimate of drug-likeness (QED) is 0.776. The zero-order chi connectivity index (χ0) is 18.4. The van der Waals surface area contributed by atoms with Gasteiger partial charge in [-0.05, 0) is 35.7 Å². The Kier molecular flexibility index (Phi) is 6.07. The molecular formula is C19H20F3NO2. The zero-order valence-electron chi connectivity index (χ0n) is 14.1. The largest absolute Gasteiger partial charge is 0.483 e. The molecule has 0 heterocycles. The minimum absolute atomic E-state index is 0.117. The number of carbonyl (C=O) groups excluding carboxylic acids is 1. The molecule has 0 aliphatic carbocycles. The fourth-order valence-electron chi connectivity index (χ4n) is 2.35. The van der Waals surface area contributed by atoms with E-state index in [2.05, 4.69) is 0 Å². The van der Waals surface area contributed by atoms with Gasteiger partial charge in [0.05, 0.1) is 5.56 Å². The first-order valence-corrected chi connectivity index (χ1v) is 7.92. The Labute approximate surface area is 145 Å². The number of amides is 1. The zero-order valence-corrected chi connectivity index (χ0v) is 14.1. The van der Waals surface area contributed by atoms with Crippen LogP contribution in [-0.2, 0) is 23.9 Å². The van der Waals surface area contributed by atoms with E-state index < -0.39 is 11.7 Å². The second-order valence-corrected chi connectivity index (χ2v) is 5.69. The van der Waals surface area contributed by atoms with Gasteiger partial charge in [0.25, 0.3) is 5.91 Å². The maximum absolute atomic E-state index is 12.6. The molecule has 2 aromatic carbocycles. The van der Waals surface area contributed by atoms with Crippen LogP contribution in [0, 0.1) is 0 Å². The second kappa shape index (κ2) is 8.05. The van der Waals surface area contributed by atoms with Crippen LogP contribution < -0.4 is 4.74 Å². The first-order chi connectivity index (χ1) is 11.8. The Morgan fingerprint density at radius 1 is 1.08 bits per heavy atom. The predicted octanol–water partition coefficient (Wildman–Crippen LogP) is 4.31. The van der Waals surface area contributed by atoms with Crippen LogP contribution >= 0.6 is 0 Å². The molecule has 0 spiro atoms. The van der Waals surface area contributed by atoms with Crippen LogP contribution in [-0.4, -0.2) is 24.5 Å². The smallest absolute Gasteiger partial charge is 0.416 e. The molecule has 6 heteroatoms. The molecule has 0 atom stereocenters. The highest BCUT2D eigenvalue weighted by molar-refractivity contribution is 5.77. The van der Waals surface area contributed by atoms with Crippen LogP contribution in [0.25, 0.3) is 0 Å². The third kappa shape index (κ3) is 5.24. The van der Waals surface area contributed by atoms with Crippen molar-refractivity contribution in [1.82, 2.24) is 4.90 Å². The van der Waals surface area contributed by atoms with Gasteiger partial charge in [-0.15, -0.1) is 0 Å². The fraction of sp³-hybridized carbons (Fsp3) is 0.316. The maximum atomic E-state index is 12.6. The van der Waals surface area contributed by atoms with Gasteiger partial charge in [-0.25, -0.2) is 0 Å². The lowest BCUT2D eigenvalue weighted by Gasteiger charge is -2.18. The molecule has 0 fully saturated rings. The predicted molar refractivity (Wildman–Crippen MR) is 89.2 cm³/mol. The molecule has 0 aliphatic rings. The van der Waals surface area contributed by atoms with Gasteiger partial charge in [0, 0.05) is 13.6 Å². The fourth-order valence-corrected chi connectivity index (χ4v) is 2.35. The number of hydrogen-bond acceptors (Lipinski definition) is 2. The van der Waals surface area contributed by atoms with E-state index in [9.17, 15) is 18.0 Å². The van der Waals surface area contributed by atoms with E-state index in [1.54, 1.807) is 7.05 Å². The highest BCUT2D eigenvalue weighted by atomic mass is 19.4. The van der Waals surface area contributed by atoms with Crippen LogP contribution in [0.15, 0.2) is 48.5 Å². The Morgan fingerprint density at radius 2 is 1.72 bits per heavy atom. The summed E-state index contributed by atoms with van der Waals surface area (Å²) in [4.78, 5) is 13.6. The number of halogens is 3. The molecule has 1 amide bonds. The molecule has 134 valence electrons. The van der Waals surface area contributed by atoms with Crippen molar-refractivity contribution in [1.29, 1.82) is 0 Å². The van der Waals surface area contributed by atoms with E-state index >= 15 is 0 Å². The number of carbonyl (C=O) groups is 1. The van der Waals surface area contributed by atoms with E-state index in [4.69, 9.17) is 4.74 Å². The number of benzene rings is 2. The van der Waals surface area contributed by atoms with Crippen LogP contribution in [0.2, 0.25) is 0 Å². The monoisotopic (exact) mass is 351 g/mol. The lowest BCUT2D eigenvalue weighted by molar-refractivity contribution is -0.137. The van der Waals surface area contributed by atoms with Gasteiger partial charge >= 0.3 is 6.18 Å². The number of hydrogen-bond donors (Lipinski definition) is 0. The number of rotatable bonds is 6. The number of nitrogens with zero attached hydrogens (tertiary/aromatic N) is 1. The minimum Gasteiger partial charge on any atom is -0.483 e. The van der Waals surface area contributed by atoms with Gasteiger partial charge in [0.1, 0.15) is 5.75 Å². The summed E-state index contributed by atoms with van der Waals surface area (Å²) in [6.45, 7) is 2.10. The Morgan fingerprint density at radius 3 is 2.32 bits per heavy atom. The summed E-state index contributed by atoms with van der Waals surface area (Å²) in [5.74, 6) is 0.423. The molecule has 3 nitrogen and oxygen atoms in total. The summed E-state index contributed by atoms with van der Waals surface area (Å²) < 4.78 is 43.2. The molecule has 0 saturated heterocycles. The van der Waals surface area contributed by atoms with Crippen molar-refractivity contribution in [3.8, 4) is 5.75 Å². The second-order valence-electron chi connectivity index (χ2n) is 5.69. The van der Waals surface area contributed by atoms with Gasteiger partial charge in [0.2, 0.25) is 0 Å². The first kappa shape index (κ1) is 18.8. The molecular weight excluding hydrogens is 331 g/mol. The number of para-hydroxylation sites is 1. The first-order valence-electron chi connectivity index (χ1n) is 7.92. The van der Waals surface area contributed by atoms with E-state index in [-0.39, 0.29) is 19.1 Å². The Bertz CT molecular complexity index is 711. The third-order valence-electron chi connectivity index (χ3n) is 3.83. The van der Waals surface area contributed by atoms with Gasteiger partial charge < -0.3 is 9.64 Å². The molecule has 0 saturated carbocycles. The summed E-state index contributed by atoms with van der Waals surface area (Å²) >= 11 is 0. The molecule has 0 N–H and O–H groups in total. The number of aryl methyl sites for hydroxylation is 1. The molecule has 2 aromatic rings. The Balaban J connectivity index is 1.92. The third-order valence-corrected chi connectivity index (χ3v) is 3.83. The van der Waals surface area contributed by atoms with Crippen LogP contribution in [0.3, 0.4) is 0 Å². The van der Waals surface area contributed by atoms with Crippen LogP contribution in [0.5, 0.6) is 5.75 Å². The van der Waals surface area contributed by atoms with Crippen molar-refractivity contribution >= 4 is 5.91 Å². The van der Waals surface area contributed by atoms with Crippen molar-refractivity contribution < 1.29 is 22.7 Å². The van der Waals surface area contributed by atoms with Crippen molar-refractivity contribution in [2.24, 2.45) is 0 Å². The Hall–Kier alpha value is -2.50. The summed E-state index contributed by atoms with van der Waals surface area (Å²) in [5, 5.41) is 0. The average Bonchev–Trinajstić information content (AvgIpc) is 2.59. The summed E-state index contributed by atoms with van der Waals surface area (Å²) in [5.41, 5.74) is 0.934. The maximum Gasteiger partial charge on any atom is 0.416 e. The number of likely N-dealkylation sites (N-methyl/N-ethyl adjacent to an activating group) is 1. The molecule has 0 aliphatic heterocycles. The van der Waals surface area contributed by atoms with Gasteiger partial charge in [-0.2, -0.15) is 13.2 Å². The van der Waals surface area contributed by atoms with E-state index in [1.165, 1.54) is 17.0 Å². The molecule has 0 aromatic heterocycles.